The molecule has 24 heavy (non-hydrogen) atoms. The number of aryl methyl sites for hydroxylation is 1. The van der Waals surface area contributed by atoms with E-state index in [4.69, 9.17) is 4.52 Å². The lowest BCUT2D eigenvalue weighted by Gasteiger charge is -2.30. The van der Waals surface area contributed by atoms with Gasteiger partial charge in [0.15, 0.2) is 11.9 Å². The van der Waals surface area contributed by atoms with Crippen LogP contribution in [0.5, 0.6) is 0 Å². The zero-order valence-electron chi connectivity index (χ0n) is 13.6. The number of anilines is 1. The van der Waals surface area contributed by atoms with E-state index in [1.165, 1.54) is 0 Å². The SMILES string of the molecule is Cc1cc(NC(=O)C[C@H]2[NH2+]CCN(Cc3ccccc3)C2=O)no1. The molecule has 0 saturated carbocycles. The molecule has 0 radical (unpaired) electrons. The summed E-state index contributed by atoms with van der Waals surface area (Å²) < 4.78 is 4.91. The Morgan fingerprint density at radius 2 is 2.21 bits per heavy atom. The molecule has 1 aliphatic heterocycles. The standard InChI is InChI=1S/C17H20N4O3/c1-12-9-15(20-24-12)19-16(22)10-14-17(23)21(8-7-18-14)11-13-5-3-2-4-6-13/h2-6,9,14,18H,7-8,10-11H2,1H3,(H,19,20,22)/p+1/t14-/m1/s1. The van der Waals surface area contributed by atoms with Gasteiger partial charge in [0.2, 0.25) is 5.91 Å². The zero-order valence-corrected chi connectivity index (χ0v) is 13.6. The lowest BCUT2D eigenvalue weighted by atomic mass is 10.1. The highest BCUT2D eigenvalue weighted by molar-refractivity contribution is 5.94. The number of carbonyl (C=O) groups excluding carboxylic acids is 2. The van der Waals surface area contributed by atoms with Crippen LogP contribution in [0, 0.1) is 6.92 Å². The third-order valence-corrected chi connectivity index (χ3v) is 4.00. The van der Waals surface area contributed by atoms with Crippen LogP contribution in [-0.4, -0.2) is 41.0 Å². The minimum atomic E-state index is -0.393. The van der Waals surface area contributed by atoms with Crippen LogP contribution in [0.4, 0.5) is 5.82 Å². The van der Waals surface area contributed by atoms with E-state index in [0.717, 1.165) is 12.1 Å². The van der Waals surface area contributed by atoms with Crippen molar-refractivity contribution in [1.82, 2.24) is 10.1 Å². The van der Waals surface area contributed by atoms with Crippen molar-refractivity contribution < 1.29 is 19.4 Å². The maximum atomic E-state index is 12.6. The number of carbonyl (C=O) groups is 2. The molecular formula is C17H21N4O3+. The largest absolute Gasteiger partial charge is 0.360 e. The molecule has 2 heterocycles. The minimum Gasteiger partial charge on any atom is -0.360 e. The Balaban J connectivity index is 1.57. The third-order valence-electron chi connectivity index (χ3n) is 4.00. The Morgan fingerprint density at radius 1 is 1.42 bits per heavy atom. The van der Waals surface area contributed by atoms with Crippen molar-refractivity contribution in [2.75, 3.05) is 18.4 Å². The van der Waals surface area contributed by atoms with E-state index in [0.29, 0.717) is 24.7 Å². The van der Waals surface area contributed by atoms with Crippen LogP contribution in [0.2, 0.25) is 0 Å². The van der Waals surface area contributed by atoms with Gasteiger partial charge in [-0.3, -0.25) is 9.59 Å². The molecule has 126 valence electrons. The van der Waals surface area contributed by atoms with Crippen LogP contribution in [0.15, 0.2) is 40.9 Å². The molecule has 1 fully saturated rings. The fourth-order valence-electron chi connectivity index (χ4n) is 2.83. The van der Waals surface area contributed by atoms with Crippen molar-refractivity contribution in [2.45, 2.75) is 25.9 Å². The second kappa shape index (κ2) is 7.27. The van der Waals surface area contributed by atoms with E-state index < -0.39 is 6.04 Å². The number of hydrogen-bond donors (Lipinski definition) is 2. The number of amides is 2. The summed E-state index contributed by atoms with van der Waals surface area (Å²) in [7, 11) is 0. The molecule has 2 aromatic rings. The molecule has 1 saturated heterocycles. The van der Waals surface area contributed by atoms with Gasteiger partial charge in [0.1, 0.15) is 5.76 Å². The van der Waals surface area contributed by atoms with Crippen molar-refractivity contribution in [3.05, 3.63) is 47.7 Å². The predicted molar refractivity (Wildman–Crippen MR) is 86.9 cm³/mol. The van der Waals surface area contributed by atoms with Crippen molar-refractivity contribution in [3.63, 3.8) is 0 Å². The zero-order chi connectivity index (χ0) is 16.9. The van der Waals surface area contributed by atoms with Gasteiger partial charge in [0, 0.05) is 12.6 Å². The summed E-state index contributed by atoms with van der Waals surface area (Å²) >= 11 is 0. The Bertz CT molecular complexity index is 714. The highest BCUT2D eigenvalue weighted by atomic mass is 16.5. The Morgan fingerprint density at radius 3 is 2.92 bits per heavy atom. The second-order valence-electron chi connectivity index (χ2n) is 5.95. The van der Waals surface area contributed by atoms with Crippen LogP contribution in [0.3, 0.4) is 0 Å². The van der Waals surface area contributed by atoms with Gasteiger partial charge >= 0.3 is 0 Å². The van der Waals surface area contributed by atoms with Gasteiger partial charge in [-0.2, -0.15) is 0 Å². The van der Waals surface area contributed by atoms with Gasteiger partial charge in [-0.25, -0.2) is 0 Å². The third kappa shape index (κ3) is 3.99. The summed E-state index contributed by atoms with van der Waals surface area (Å²) in [4.78, 5) is 26.5. The summed E-state index contributed by atoms with van der Waals surface area (Å²) in [5.41, 5.74) is 1.09. The highest BCUT2D eigenvalue weighted by Gasteiger charge is 2.33. The monoisotopic (exact) mass is 329 g/mol. The Kier molecular flexibility index (Phi) is 4.90. The van der Waals surface area contributed by atoms with Crippen molar-refractivity contribution in [3.8, 4) is 0 Å². The van der Waals surface area contributed by atoms with Gasteiger partial charge in [-0.1, -0.05) is 35.5 Å². The number of hydrogen-bond acceptors (Lipinski definition) is 4. The lowest BCUT2D eigenvalue weighted by Crippen LogP contribution is -2.96. The summed E-state index contributed by atoms with van der Waals surface area (Å²) in [6.45, 7) is 3.81. The molecule has 1 aliphatic rings. The van der Waals surface area contributed by atoms with Crippen molar-refractivity contribution >= 4 is 17.6 Å². The van der Waals surface area contributed by atoms with Gasteiger partial charge in [-0.15, -0.1) is 0 Å². The van der Waals surface area contributed by atoms with Gasteiger partial charge in [-0.05, 0) is 12.5 Å². The van der Waals surface area contributed by atoms with E-state index in [9.17, 15) is 9.59 Å². The Labute approximate surface area is 140 Å². The molecule has 1 aromatic carbocycles. The molecule has 2 amide bonds. The summed E-state index contributed by atoms with van der Waals surface area (Å²) in [5.74, 6) is 0.762. The summed E-state index contributed by atoms with van der Waals surface area (Å²) in [6.07, 6.45) is 0.121. The molecule has 3 rings (SSSR count). The van der Waals surface area contributed by atoms with E-state index >= 15 is 0 Å². The number of quaternary nitrogens is 1. The number of nitrogens with zero attached hydrogens (tertiary/aromatic N) is 2. The fraction of sp³-hybridized carbons (Fsp3) is 0.353. The molecule has 7 nitrogen and oxygen atoms in total. The summed E-state index contributed by atoms with van der Waals surface area (Å²) in [5, 5.41) is 8.31. The molecular weight excluding hydrogens is 308 g/mol. The van der Waals surface area contributed by atoms with Crippen LogP contribution in [0.25, 0.3) is 0 Å². The predicted octanol–water partition coefficient (Wildman–Crippen LogP) is 0.286. The highest BCUT2D eigenvalue weighted by Crippen LogP contribution is 2.10. The average Bonchev–Trinajstić information content (AvgIpc) is 2.97. The number of rotatable bonds is 5. The average molecular weight is 329 g/mol. The smallest absolute Gasteiger partial charge is 0.281 e. The summed E-state index contributed by atoms with van der Waals surface area (Å²) in [6, 6.07) is 11.1. The van der Waals surface area contributed by atoms with Crippen LogP contribution in [0.1, 0.15) is 17.7 Å². The van der Waals surface area contributed by atoms with E-state index in [2.05, 4.69) is 10.5 Å². The van der Waals surface area contributed by atoms with Crippen LogP contribution < -0.4 is 10.6 Å². The maximum Gasteiger partial charge on any atom is 0.281 e. The molecule has 0 spiro atoms. The normalized spacial score (nSPS) is 17.8. The Hall–Kier alpha value is -2.67. The lowest BCUT2D eigenvalue weighted by molar-refractivity contribution is -0.682. The number of nitrogens with one attached hydrogen (secondary N) is 1. The first kappa shape index (κ1) is 16.2. The van der Waals surface area contributed by atoms with Crippen LogP contribution in [-0.2, 0) is 16.1 Å². The molecule has 3 N–H and O–H groups in total. The number of benzene rings is 1. The molecule has 0 bridgehead atoms. The maximum absolute atomic E-state index is 12.6. The van der Waals surface area contributed by atoms with Crippen molar-refractivity contribution in [1.29, 1.82) is 0 Å². The molecule has 0 unspecified atom stereocenters. The van der Waals surface area contributed by atoms with E-state index in [-0.39, 0.29) is 18.2 Å². The molecule has 7 heteroatoms. The first-order valence-electron chi connectivity index (χ1n) is 8.01. The number of nitrogens with two attached hydrogens (primary N) is 1. The topological polar surface area (TPSA) is 92.1 Å². The van der Waals surface area contributed by atoms with Gasteiger partial charge in [0.05, 0.1) is 19.5 Å². The molecule has 1 aromatic heterocycles. The first-order chi connectivity index (χ1) is 11.6. The number of piperazine rings is 1. The molecule has 1 atom stereocenters. The molecule has 0 aliphatic carbocycles. The van der Waals surface area contributed by atoms with E-state index in [1.807, 2.05) is 40.5 Å². The fourth-order valence-corrected chi connectivity index (χ4v) is 2.83. The quantitative estimate of drug-likeness (QED) is 0.824. The van der Waals surface area contributed by atoms with Gasteiger partial charge < -0.3 is 20.1 Å². The van der Waals surface area contributed by atoms with Crippen LogP contribution >= 0.6 is 0 Å². The minimum absolute atomic E-state index is 0.00316. The number of aromatic nitrogens is 1. The van der Waals surface area contributed by atoms with Gasteiger partial charge in [0.25, 0.3) is 5.91 Å². The van der Waals surface area contributed by atoms with E-state index in [1.54, 1.807) is 13.0 Å². The first-order valence-corrected chi connectivity index (χ1v) is 8.01. The second-order valence-corrected chi connectivity index (χ2v) is 5.95. The van der Waals surface area contributed by atoms with Crippen molar-refractivity contribution in [2.24, 2.45) is 0 Å².